The Kier molecular flexibility index (Phi) is 3.81. The second kappa shape index (κ2) is 6.14. The number of piperazine rings is 1. The molecule has 4 rings (SSSR count). The molecule has 25 heavy (non-hydrogen) atoms. The second-order valence-electron chi connectivity index (χ2n) is 6.18. The summed E-state index contributed by atoms with van der Waals surface area (Å²) in [5, 5.41) is 13.0. The molecular formula is C17H19N5O3. The van der Waals surface area contributed by atoms with E-state index in [9.17, 15) is 10.1 Å². The average molecular weight is 341 g/mol. The maximum absolute atomic E-state index is 11.6. The van der Waals surface area contributed by atoms with E-state index in [0.717, 1.165) is 26.2 Å². The number of benzene rings is 1. The molecule has 130 valence electrons. The van der Waals surface area contributed by atoms with Crippen LogP contribution in [0.15, 0.2) is 59.8 Å². The van der Waals surface area contributed by atoms with E-state index in [1.165, 1.54) is 22.5 Å². The lowest BCUT2D eigenvalue weighted by Gasteiger charge is -2.38. The minimum Gasteiger partial charge on any atom is -0.368 e. The number of hydroxylamine groups is 3. The van der Waals surface area contributed by atoms with Crippen LogP contribution in [0.4, 0.5) is 5.69 Å². The van der Waals surface area contributed by atoms with E-state index in [1.807, 2.05) is 0 Å². The first-order valence-electron chi connectivity index (χ1n) is 8.19. The first kappa shape index (κ1) is 15.5. The maximum atomic E-state index is 11.6. The third kappa shape index (κ3) is 2.80. The molecule has 0 atom stereocenters. The van der Waals surface area contributed by atoms with Gasteiger partial charge < -0.3 is 9.80 Å². The zero-order chi connectivity index (χ0) is 17.4. The molecule has 8 nitrogen and oxygen atoms in total. The van der Waals surface area contributed by atoms with Crippen molar-refractivity contribution in [2.45, 2.75) is 6.92 Å². The number of aryl methyl sites for hydroxylation is 1. The molecule has 1 aromatic carbocycles. The van der Waals surface area contributed by atoms with Crippen LogP contribution in [0, 0.1) is 17.0 Å². The van der Waals surface area contributed by atoms with Gasteiger partial charge in [-0.2, -0.15) is 10.0 Å². The summed E-state index contributed by atoms with van der Waals surface area (Å²) in [5.41, 5.74) is 6.10. The van der Waals surface area contributed by atoms with E-state index >= 15 is 0 Å². The molecule has 0 aromatic heterocycles. The Bertz CT molecular complexity index is 793. The van der Waals surface area contributed by atoms with Crippen LogP contribution in [0.2, 0.25) is 0 Å². The van der Waals surface area contributed by atoms with Gasteiger partial charge in [0.25, 0.3) is 0 Å². The summed E-state index contributed by atoms with van der Waals surface area (Å²) in [6.07, 6.45) is 4.94. The zero-order valence-corrected chi connectivity index (χ0v) is 13.9. The number of nitrogens with zero attached hydrogens (tertiary/aromatic N) is 4. The molecule has 0 radical (unpaired) electrons. The average Bonchev–Trinajstić information content (AvgIpc) is 3.09. The highest BCUT2D eigenvalue weighted by Gasteiger charge is 2.36. The SMILES string of the molecule is Cc1cccc(N2CCN(C3=C([N+](=O)[O-])C4=CNON4C=C3)CC2)c1. The highest BCUT2D eigenvalue weighted by molar-refractivity contribution is 5.49. The lowest BCUT2D eigenvalue weighted by Crippen LogP contribution is -2.46. The molecule has 1 saturated heterocycles. The number of nitro groups is 1. The van der Waals surface area contributed by atoms with Gasteiger partial charge in [-0.05, 0) is 30.7 Å². The summed E-state index contributed by atoms with van der Waals surface area (Å²) in [7, 11) is 0. The highest BCUT2D eigenvalue weighted by atomic mass is 16.8. The normalized spacial score (nSPS) is 19.7. The van der Waals surface area contributed by atoms with Crippen LogP contribution in [0.25, 0.3) is 0 Å². The van der Waals surface area contributed by atoms with Gasteiger partial charge in [0.05, 0.1) is 11.1 Å². The van der Waals surface area contributed by atoms with Crippen LogP contribution < -0.4 is 10.4 Å². The Morgan fingerprint density at radius 1 is 1.20 bits per heavy atom. The molecule has 3 aliphatic heterocycles. The summed E-state index contributed by atoms with van der Waals surface area (Å²) in [5.74, 6) is 0. The number of nitrogens with one attached hydrogen (secondary N) is 1. The van der Waals surface area contributed by atoms with Gasteiger partial charge in [0, 0.05) is 38.1 Å². The van der Waals surface area contributed by atoms with Crippen LogP contribution in [-0.4, -0.2) is 41.1 Å². The van der Waals surface area contributed by atoms with E-state index in [4.69, 9.17) is 4.94 Å². The number of allylic oxidation sites excluding steroid dienone is 1. The number of fused-ring (bicyclic) bond motifs is 1. The Morgan fingerprint density at radius 3 is 2.68 bits per heavy atom. The molecule has 0 saturated carbocycles. The number of anilines is 1. The topological polar surface area (TPSA) is 74.1 Å². The quantitative estimate of drug-likeness (QED) is 0.663. The number of rotatable bonds is 3. The fourth-order valence-corrected chi connectivity index (χ4v) is 3.36. The van der Waals surface area contributed by atoms with Gasteiger partial charge in [-0.1, -0.05) is 12.1 Å². The van der Waals surface area contributed by atoms with Gasteiger partial charge in [0.2, 0.25) is 0 Å². The smallest absolute Gasteiger partial charge is 0.320 e. The van der Waals surface area contributed by atoms with Crippen molar-refractivity contribution in [1.82, 2.24) is 15.4 Å². The Hall–Kier alpha value is -3.00. The van der Waals surface area contributed by atoms with Crippen molar-refractivity contribution in [3.63, 3.8) is 0 Å². The third-order valence-corrected chi connectivity index (χ3v) is 4.61. The summed E-state index contributed by atoms with van der Waals surface area (Å²) in [4.78, 5) is 20.7. The highest BCUT2D eigenvalue weighted by Crippen LogP contribution is 2.30. The minimum atomic E-state index is -0.346. The van der Waals surface area contributed by atoms with E-state index in [0.29, 0.717) is 11.4 Å². The van der Waals surface area contributed by atoms with Gasteiger partial charge in [0.1, 0.15) is 5.70 Å². The number of hydrogen-bond donors (Lipinski definition) is 1. The van der Waals surface area contributed by atoms with Crippen molar-refractivity contribution in [2.24, 2.45) is 0 Å². The van der Waals surface area contributed by atoms with Crippen LogP contribution in [0.1, 0.15) is 5.56 Å². The van der Waals surface area contributed by atoms with E-state index < -0.39 is 0 Å². The summed E-state index contributed by atoms with van der Waals surface area (Å²) < 4.78 is 0. The molecule has 0 bridgehead atoms. The monoisotopic (exact) mass is 341 g/mol. The number of hydrogen-bond acceptors (Lipinski definition) is 7. The van der Waals surface area contributed by atoms with Gasteiger partial charge in [-0.3, -0.25) is 10.1 Å². The first-order chi connectivity index (χ1) is 12.1. The predicted molar refractivity (Wildman–Crippen MR) is 92.3 cm³/mol. The molecule has 0 unspecified atom stereocenters. The summed E-state index contributed by atoms with van der Waals surface area (Å²) in [6, 6.07) is 8.41. The van der Waals surface area contributed by atoms with Crippen LogP contribution >= 0.6 is 0 Å². The van der Waals surface area contributed by atoms with E-state index in [2.05, 4.69) is 46.5 Å². The Balaban J connectivity index is 1.54. The van der Waals surface area contributed by atoms with Crippen molar-refractivity contribution in [3.05, 3.63) is 75.5 Å². The molecule has 8 heteroatoms. The van der Waals surface area contributed by atoms with Crippen LogP contribution in [0.5, 0.6) is 0 Å². The van der Waals surface area contributed by atoms with E-state index in [1.54, 1.807) is 12.3 Å². The molecule has 3 aliphatic rings. The lowest BCUT2D eigenvalue weighted by molar-refractivity contribution is -0.426. The van der Waals surface area contributed by atoms with Crippen molar-refractivity contribution in [1.29, 1.82) is 0 Å². The fourth-order valence-electron chi connectivity index (χ4n) is 3.36. The second-order valence-corrected chi connectivity index (χ2v) is 6.18. The fraction of sp³-hybridized carbons (Fsp3) is 0.294. The Labute approximate surface area is 145 Å². The first-order valence-corrected chi connectivity index (χ1v) is 8.19. The predicted octanol–water partition coefficient (Wildman–Crippen LogP) is 1.73. The molecule has 1 aromatic rings. The molecule has 1 fully saturated rings. The van der Waals surface area contributed by atoms with E-state index in [-0.39, 0.29) is 10.6 Å². The molecule has 3 heterocycles. The summed E-state index contributed by atoms with van der Waals surface area (Å²) >= 11 is 0. The van der Waals surface area contributed by atoms with Crippen molar-refractivity contribution < 1.29 is 9.86 Å². The summed E-state index contributed by atoms with van der Waals surface area (Å²) in [6.45, 7) is 5.18. The van der Waals surface area contributed by atoms with Crippen molar-refractivity contribution in [2.75, 3.05) is 31.1 Å². The van der Waals surface area contributed by atoms with Gasteiger partial charge in [-0.25, -0.2) is 5.48 Å². The van der Waals surface area contributed by atoms with Gasteiger partial charge in [-0.15, -0.1) is 0 Å². The molecule has 0 aliphatic carbocycles. The van der Waals surface area contributed by atoms with Gasteiger partial charge >= 0.3 is 5.70 Å². The lowest BCUT2D eigenvalue weighted by atomic mass is 10.1. The van der Waals surface area contributed by atoms with Crippen molar-refractivity contribution in [3.8, 4) is 0 Å². The van der Waals surface area contributed by atoms with Gasteiger partial charge in [0.15, 0.2) is 5.70 Å². The largest absolute Gasteiger partial charge is 0.368 e. The van der Waals surface area contributed by atoms with Crippen LogP contribution in [-0.2, 0) is 4.94 Å². The molecule has 0 spiro atoms. The van der Waals surface area contributed by atoms with Crippen molar-refractivity contribution >= 4 is 5.69 Å². The maximum Gasteiger partial charge on any atom is 0.320 e. The molecular weight excluding hydrogens is 322 g/mol. The zero-order valence-electron chi connectivity index (χ0n) is 13.9. The third-order valence-electron chi connectivity index (χ3n) is 4.61. The van der Waals surface area contributed by atoms with Crippen LogP contribution in [0.3, 0.4) is 0 Å². The standard InChI is InChI=1S/C17H19N5O3/c1-13-3-2-4-14(11-13)19-7-9-20(10-8-19)15-5-6-21-16(12-18-25-21)17(15)22(23)24/h2-6,11-12,18H,7-10H2,1H3. The molecule has 0 amide bonds. The molecule has 1 N–H and O–H groups in total. The minimum absolute atomic E-state index is 0.0662. The Morgan fingerprint density at radius 2 is 1.96 bits per heavy atom.